The van der Waals surface area contributed by atoms with Gasteiger partial charge in [0.15, 0.2) is 5.69 Å². The second-order valence-corrected chi connectivity index (χ2v) is 5.36. The van der Waals surface area contributed by atoms with Crippen molar-refractivity contribution in [1.82, 2.24) is 15.6 Å². The van der Waals surface area contributed by atoms with Gasteiger partial charge in [0.25, 0.3) is 0 Å². The highest BCUT2D eigenvalue weighted by atomic mass is 32.1. The van der Waals surface area contributed by atoms with Gasteiger partial charge in [-0.2, -0.15) is 0 Å². The van der Waals surface area contributed by atoms with Gasteiger partial charge in [0.1, 0.15) is 5.01 Å². The molecule has 0 bridgehead atoms. The third-order valence-electron chi connectivity index (χ3n) is 2.34. The van der Waals surface area contributed by atoms with Crippen LogP contribution in [0.2, 0.25) is 0 Å². The number of aromatic carboxylic acids is 1. The maximum Gasteiger partial charge on any atom is 0.355 e. The first-order chi connectivity index (χ1) is 8.99. The van der Waals surface area contributed by atoms with Gasteiger partial charge in [-0.15, -0.1) is 11.3 Å². The topological polar surface area (TPSA) is 91.3 Å². The standard InChI is InChI=1S/C12H19N3O3S/c1-8(2)13-5-3-4-10(16)14-6-11-15-9(7-19-11)12(17)18/h7-8,13H,3-6H2,1-2H3,(H,14,16)(H,17,18). The van der Waals surface area contributed by atoms with E-state index in [1.54, 1.807) is 0 Å². The number of aromatic nitrogens is 1. The van der Waals surface area contributed by atoms with Crippen LogP contribution in [0.5, 0.6) is 0 Å². The van der Waals surface area contributed by atoms with Gasteiger partial charge in [0, 0.05) is 17.8 Å². The van der Waals surface area contributed by atoms with Gasteiger partial charge in [-0.05, 0) is 13.0 Å². The van der Waals surface area contributed by atoms with Crippen molar-refractivity contribution in [2.45, 2.75) is 39.3 Å². The van der Waals surface area contributed by atoms with Crippen LogP contribution in [0.3, 0.4) is 0 Å². The van der Waals surface area contributed by atoms with E-state index >= 15 is 0 Å². The summed E-state index contributed by atoms with van der Waals surface area (Å²) in [7, 11) is 0. The molecule has 1 rings (SSSR count). The predicted molar refractivity (Wildman–Crippen MR) is 73.3 cm³/mol. The lowest BCUT2D eigenvalue weighted by molar-refractivity contribution is -0.121. The van der Waals surface area contributed by atoms with Crippen molar-refractivity contribution in [1.29, 1.82) is 0 Å². The Balaban J connectivity index is 2.20. The minimum absolute atomic E-state index is 0.0235. The molecular formula is C12H19N3O3S. The first-order valence-corrected chi connectivity index (χ1v) is 7.04. The van der Waals surface area contributed by atoms with Gasteiger partial charge in [0.05, 0.1) is 6.54 Å². The second-order valence-electron chi connectivity index (χ2n) is 4.42. The third-order valence-corrected chi connectivity index (χ3v) is 3.19. The fourth-order valence-corrected chi connectivity index (χ4v) is 2.10. The second kappa shape index (κ2) is 7.85. The number of rotatable bonds is 8. The number of nitrogens with zero attached hydrogens (tertiary/aromatic N) is 1. The summed E-state index contributed by atoms with van der Waals surface area (Å²) in [6.07, 6.45) is 1.24. The smallest absolute Gasteiger partial charge is 0.355 e. The van der Waals surface area contributed by atoms with Crippen molar-refractivity contribution in [3.63, 3.8) is 0 Å². The number of carboxylic acid groups (broad SMARTS) is 1. The van der Waals surface area contributed by atoms with Crippen LogP contribution in [0.25, 0.3) is 0 Å². The molecule has 0 radical (unpaired) electrons. The highest BCUT2D eigenvalue weighted by Crippen LogP contribution is 2.09. The van der Waals surface area contributed by atoms with Crippen LogP contribution in [0.1, 0.15) is 42.2 Å². The van der Waals surface area contributed by atoms with E-state index in [4.69, 9.17) is 5.11 Å². The van der Waals surface area contributed by atoms with Crippen molar-refractivity contribution in [2.75, 3.05) is 6.54 Å². The molecule has 0 aliphatic heterocycles. The van der Waals surface area contributed by atoms with E-state index in [2.05, 4.69) is 29.5 Å². The number of carboxylic acids is 1. The first-order valence-electron chi connectivity index (χ1n) is 6.17. The van der Waals surface area contributed by atoms with Gasteiger partial charge in [-0.1, -0.05) is 13.8 Å². The largest absolute Gasteiger partial charge is 0.476 e. The van der Waals surface area contributed by atoms with E-state index < -0.39 is 5.97 Å². The predicted octanol–water partition coefficient (Wildman–Crippen LogP) is 1.24. The highest BCUT2D eigenvalue weighted by molar-refractivity contribution is 7.09. The molecule has 1 heterocycles. The number of hydrogen-bond donors (Lipinski definition) is 3. The van der Waals surface area contributed by atoms with Gasteiger partial charge in [-0.3, -0.25) is 4.79 Å². The molecule has 0 fully saturated rings. The Morgan fingerprint density at radius 3 is 2.79 bits per heavy atom. The Morgan fingerprint density at radius 1 is 1.47 bits per heavy atom. The number of nitrogens with one attached hydrogen (secondary N) is 2. The van der Waals surface area contributed by atoms with Crippen molar-refractivity contribution >= 4 is 23.2 Å². The van der Waals surface area contributed by atoms with Crippen molar-refractivity contribution in [3.05, 3.63) is 16.1 Å². The van der Waals surface area contributed by atoms with E-state index in [0.29, 0.717) is 17.5 Å². The molecule has 19 heavy (non-hydrogen) atoms. The minimum Gasteiger partial charge on any atom is -0.476 e. The fourth-order valence-electron chi connectivity index (χ4n) is 1.39. The summed E-state index contributed by atoms with van der Waals surface area (Å²) in [5, 5.41) is 16.7. The number of hydrogen-bond acceptors (Lipinski definition) is 5. The number of amides is 1. The summed E-state index contributed by atoms with van der Waals surface area (Å²) in [5.41, 5.74) is 0.0235. The zero-order valence-electron chi connectivity index (χ0n) is 11.1. The molecule has 0 spiro atoms. The Kier molecular flexibility index (Phi) is 6.44. The lowest BCUT2D eigenvalue weighted by atomic mass is 10.2. The van der Waals surface area contributed by atoms with Gasteiger partial charge in [-0.25, -0.2) is 9.78 Å². The molecular weight excluding hydrogens is 266 g/mol. The number of carbonyl (C=O) groups excluding carboxylic acids is 1. The maximum absolute atomic E-state index is 11.5. The van der Waals surface area contributed by atoms with Crippen LogP contribution in [-0.4, -0.2) is 34.6 Å². The molecule has 0 atom stereocenters. The molecule has 106 valence electrons. The molecule has 0 unspecified atom stereocenters. The lowest BCUT2D eigenvalue weighted by Crippen LogP contribution is -2.27. The molecule has 1 aromatic heterocycles. The van der Waals surface area contributed by atoms with Crippen LogP contribution in [0.4, 0.5) is 0 Å². The third kappa shape index (κ3) is 6.30. The van der Waals surface area contributed by atoms with Crippen LogP contribution in [0, 0.1) is 0 Å². The summed E-state index contributed by atoms with van der Waals surface area (Å²) < 4.78 is 0. The zero-order chi connectivity index (χ0) is 14.3. The lowest BCUT2D eigenvalue weighted by Gasteiger charge is -2.07. The first kappa shape index (κ1) is 15.6. The molecule has 3 N–H and O–H groups in total. The number of thiazole rings is 1. The average molecular weight is 285 g/mol. The van der Waals surface area contributed by atoms with Crippen LogP contribution >= 0.6 is 11.3 Å². The Hall–Kier alpha value is -1.47. The van der Waals surface area contributed by atoms with Crippen molar-refractivity contribution < 1.29 is 14.7 Å². The summed E-state index contributed by atoms with van der Waals surface area (Å²) >= 11 is 1.23. The summed E-state index contributed by atoms with van der Waals surface area (Å²) in [6, 6.07) is 0.424. The molecule has 0 aliphatic carbocycles. The molecule has 0 aliphatic rings. The monoisotopic (exact) mass is 285 g/mol. The molecule has 1 aromatic rings. The minimum atomic E-state index is -1.05. The van der Waals surface area contributed by atoms with Crippen LogP contribution in [-0.2, 0) is 11.3 Å². The van der Waals surface area contributed by atoms with Gasteiger partial charge >= 0.3 is 5.97 Å². The van der Waals surface area contributed by atoms with E-state index in [-0.39, 0.29) is 18.1 Å². The normalized spacial score (nSPS) is 10.7. The van der Waals surface area contributed by atoms with E-state index in [1.165, 1.54) is 16.7 Å². The molecule has 1 amide bonds. The Bertz CT molecular complexity index is 432. The van der Waals surface area contributed by atoms with Crippen LogP contribution in [0.15, 0.2) is 5.38 Å². The highest BCUT2D eigenvalue weighted by Gasteiger charge is 2.09. The van der Waals surface area contributed by atoms with Crippen LogP contribution < -0.4 is 10.6 Å². The summed E-state index contributed by atoms with van der Waals surface area (Å²) in [6.45, 7) is 5.21. The SMILES string of the molecule is CC(C)NCCCC(=O)NCc1nc(C(=O)O)cs1. The van der Waals surface area contributed by atoms with E-state index in [0.717, 1.165) is 13.0 Å². The summed E-state index contributed by atoms with van der Waals surface area (Å²) in [4.78, 5) is 26.0. The molecule has 7 heteroatoms. The van der Waals surface area contributed by atoms with E-state index in [9.17, 15) is 9.59 Å². The zero-order valence-corrected chi connectivity index (χ0v) is 11.9. The number of carbonyl (C=O) groups is 2. The van der Waals surface area contributed by atoms with E-state index in [1.807, 2.05) is 0 Å². The quantitative estimate of drug-likeness (QED) is 0.625. The van der Waals surface area contributed by atoms with Gasteiger partial charge in [0.2, 0.25) is 5.91 Å². The molecule has 0 saturated carbocycles. The fraction of sp³-hybridized carbons (Fsp3) is 0.583. The Labute approximate surface area is 116 Å². The van der Waals surface area contributed by atoms with Crippen molar-refractivity contribution in [3.8, 4) is 0 Å². The molecule has 0 saturated heterocycles. The summed E-state index contributed by atoms with van der Waals surface area (Å²) in [5.74, 6) is -1.09. The molecule has 6 nitrogen and oxygen atoms in total. The average Bonchev–Trinajstić information content (AvgIpc) is 2.81. The molecule has 0 aromatic carbocycles. The van der Waals surface area contributed by atoms with Crippen molar-refractivity contribution in [2.24, 2.45) is 0 Å². The van der Waals surface area contributed by atoms with Gasteiger partial charge < -0.3 is 15.7 Å². The maximum atomic E-state index is 11.5. The Morgan fingerprint density at radius 2 is 2.21 bits per heavy atom.